The molecule has 0 bridgehead atoms. The van der Waals surface area contributed by atoms with Crippen molar-refractivity contribution in [3.8, 4) is 0 Å². The summed E-state index contributed by atoms with van der Waals surface area (Å²) in [7, 11) is 0. The third kappa shape index (κ3) is 4.04. The van der Waals surface area contributed by atoms with Crippen molar-refractivity contribution < 1.29 is 14.7 Å². The first-order chi connectivity index (χ1) is 10.0. The number of rotatable bonds is 4. The van der Waals surface area contributed by atoms with Crippen molar-refractivity contribution in [3.63, 3.8) is 0 Å². The van der Waals surface area contributed by atoms with Crippen LogP contribution in [0.4, 0.5) is 10.5 Å². The molecule has 0 saturated heterocycles. The second kappa shape index (κ2) is 6.72. The molecule has 0 spiro atoms. The Morgan fingerprint density at radius 1 is 1.24 bits per heavy atom. The van der Waals surface area contributed by atoms with Gasteiger partial charge in [0.1, 0.15) is 0 Å². The lowest BCUT2D eigenvalue weighted by molar-refractivity contribution is 0.101. The molecule has 0 unspecified atom stereocenters. The van der Waals surface area contributed by atoms with E-state index < -0.39 is 5.54 Å². The van der Waals surface area contributed by atoms with Gasteiger partial charge in [-0.15, -0.1) is 0 Å². The van der Waals surface area contributed by atoms with Gasteiger partial charge in [0.05, 0.1) is 12.1 Å². The van der Waals surface area contributed by atoms with Crippen LogP contribution < -0.4 is 10.6 Å². The van der Waals surface area contributed by atoms with E-state index in [-0.39, 0.29) is 18.4 Å². The number of urea groups is 1. The zero-order valence-corrected chi connectivity index (χ0v) is 12.3. The van der Waals surface area contributed by atoms with Crippen LogP contribution in [0.25, 0.3) is 0 Å². The van der Waals surface area contributed by atoms with E-state index in [4.69, 9.17) is 0 Å². The van der Waals surface area contributed by atoms with Gasteiger partial charge in [0.15, 0.2) is 5.78 Å². The topological polar surface area (TPSA) is 78.4 Å². The summed E-state index contributed by atoms with van der Waals surface area (Å²) in [5, 5.41) is 15.2. The molecule has 3 N–H and O–H groups in total. The normalized spacial score (nSPS) is 17.0. The molecule has 0 atom stereocenters. The number of nitrogens with one attached hydrogen (secondary N) is 2. The Morgan fingerprint density at radius 3 is 2.57 bits per heavy atom. The van der Waals surface area contributed by atoms with Crippen molar-refractivity contribution in [1.82, 2.24) is 5.32 Å². The maximum absolute atomic E-state index is 12.1. The summed E-state index contributed by atoms with van der Waals surface area (Å²) in [6.45, 7) is 1.44. The Bertz CT molecular complexity index is 522. The van der Waals surface area contributed by atoms with Crippen molar-refractivity contribution >= 4 is 17.5 Å². The Hall–Kier alpha value is -1.88. The van der Waals surface area contributed by atoms with Gasteiger partial charge in [0.25, 0.3) is 0 Å². The fraction of sp³-hybridized carbons (Fsp3) is 0.500. The molecular weight excluding hydrogens is 268 g/mol. The highest BCUT2D eigenvalue weighted by Gasteiger charge is 2.32. The number of anilines is 1. The van der Waals surface area contributed by atoms with Crippen molar-refractivity contribution in [3.05, 3.63) is 29.8 Å². The number of Topliss-reactive ketones (excluding diaryl/α,β-unsaturated/α-hetero) is 1. The fourth-order valence-electron chi connectivity index (χ4n) is 2.77. The molecule has 1 fully saturated rings. The molecule has 1 aliphatic carbocycles. The van der Waals surface area contributed by atoms with Crippen LogP contribution in [0.2, 0.25) is 0 Å². The zero-order valence-electron chi connectivity index (χ0n) is 12.3. The third-order valence-corrected chi connectivity index (χ3v) is 4.02. The molecule has 0 radical (unpaired) electrons. The first-order valence-corrected chi connectivity index (χ1v) is 7.36. The van der Waals surface area contributed by atoms with Crippen molar-refractivity contribution in [2.24, 2.45) is 0 Å². The van der Waals surface area contributed by atoms with Crippen LogP contribution in [-0.2, 0) is 0 Å². The molecule has 1 aliphatic rings. The number of hydrogen-bond acceptors (Lipinski definition) is 3. The van der Waals surface area contributed by atoms with Gasteiger partial charge in [-0.25, -0.2) is 4.79 Å². The lowest BCUT2D eigenvalue weighted by atomic mass is 9.82. The lowest BCUT2D eigenvalue weighted by Crippen LogP contribution is -2.53. The highest BCUT2D eigenvalue weighted by atomic mass is 16.3. The largest absolute Gasteiger partial charge is 0.394 e. The standard InChI is InChI=1S/C16H22N2O3/c1-12(20)13-6-5-7-14(10-13)17-15(21)18-16(11-19)8-3-2-4-9-16/h5-7,10,19H,2-4,8-9,11H2,1H3,(H2,17,18,21). The summed E-state index contributed by atoms with van der Waals surface area (Å²) in [6, 6.07) is 6.48. The molecule has 2 rings (SSSR count). The van der Waals surface area contributed by atoms with Crippen molar-refractivity contribution in [2.75, 3.05) is 11.9 Å². The quantitative estimate of drug-likeness (QED) is 0.746. The Kier molecular flexibility index (Phi) is 4.96. The second-order valence-electron chi connectivity index (χ2n) is 5.72. The number of carbonyl (C=O) groups is 2. The highest BCUT2D eigenvalue weighted by Crippen LogP contribution is 2.27. The summed E-state index contributed by atoms with van der Waals surface area (Å²) >= 11 is 0. The minimum absolute atomic E-state index is 0.0434. The number of hydrogen-bond donors (Lipinski definition) is 3. The van der Waals surface area contributed by atoms with E-state index in [9.17, 15) is 14.7 Å². The monoisotopic (exact) mass is 290 g/mol. The van der Waals surface area contributed by atoms with E-state index in [1.807, 2.05) is 0 Å². The summed E-state index contributed by atoms with van der Waals surface area (Å²) in [4.78, 5) is 23.4. The Labute approximate surface area is 124 Å². The van der Waals surface area contributed by atoms with Gasteiger partial charge in [0, 0.05) is 11.3 Å². The summed E-state index contributed by atoms with van der Waals surface area (Å²) in [6.07, 6.45) is 4.77. The van der Waals surface area contributed by atoms with Crippen LogP contribution >= 0.6 is 0 Å². The van der Waals surface area contributed by atoms with Gasteiger partial charge >= 0.3 is 6.03 Å². The van der Waals surface area contributed by atoms with Crippen LogP contribution in [-0.4, -0.2) is 29.1 Å². The van der Waals surface area contributed by atoms with Crippen molar-refractivity contribution in [2.45, 2.75) is 44.6 Å². The number of aliphatic hydroxyl groups excluding tert-OH is 1. The molecule has 0 aliphatic heterocycles. The second-order valence-corrected chi connectivity index (χ2v) is 5.72. The minimum atomic E-state index is -0.513. The maximum Gasteiger partial charge on any atom is 0.319 e. The summed E-state index contributed by atoms with van der Waals surface area (Å²) in [5.74, 6) is -0.0434. The minimum Gasteiger partial charge on any atom is -0.394 e. The molecule has 1 aromatic rings. The first-order valence-electron chi connectivity index (χ1n) is 7.36. The smallest absolute Gasteiger partial charge is 0.319 e. The fourth-order valence-corrected chi connectivity index (χ4v) is 2.77. The highest BCUT2D eigenvalue weighted by molar-refractivity contribution is 5.96. The summed E-state index contributed by atoms with van der Waals surface area (Å²) < 4.78 is 0. The molecule has 1 aromatic carbocycles. The molecular formula is C16H22N2O3. The van der Waals surface area contributed by atoms with Gasteiger partial charge in [0.2, 0.25) is 0 Å². The van der Waals surface area contributed by atoms with Crippen LogP contribution in [0.15, 0.2) is 24.3 Å². The van der Waals surface area contributed by atoms with Crippen LogP contribution in [0.1, 0.15) is 49.4 Å². The molecule has 5 heteroatoms. The van der Waals surface area contributed by atoms with E-state index in [0.717, 1.165) is 32.1 Å². The predicted molar refractivity (Wildman–Crippen MR) is 81.5 cm³/mol. The number of carbonyl (C=O) groups excluding carboxylic acids is 2. The average molecular weight is 290 g/mol. The SMILES string of the molecule is CC(=O)c1cccc(NC(=O)NC2(CO)CCCCC2)c1. The van der Waals surface area contributed by atoms with E-state index >= 15 is 0 Å². The van der Waals surface area contributed by atoms with E-state index in [0.29, 0.717) is 11.3 Å². The molecule has 2 amide bonds. The third-order valence-electron chi connectivity index (χ3n) is 4.02. The molecule has 5 nitrogen and oxygen atoms in total. The lowest BCUT2D eigenvalue weighted by Gasteiger charge is -2.36. The Balaban J connectivity index is 2.00. The van der Waals surface area contributed by atoms with Crippen LogP contribution in [0, 0.1) is 0 Å². The summed E-state index contributed by atoms with van der Waals surface area (Å²) in [5.41, 5.74) is 0.618. The van der Waals surface area contributed by atoms with Gasteiger partial charge in [-0.1, -0.05) is 31.4 Å². The number of benzene rings is 1. The average Bonchev–Trinajstić information content (AvgIpc) is 2.48. The first kappa shape index (κ1) is 15.5. The van der Waals surface area contributed by atoms with E-state index in [1.165, 1.54) is 6.92 Å². The predicted octanol–water partition coefficient (Wildman–Crippen LogP) is 2.71. The Morgan fingerprint density at radius 2 is 1.95 bits per heavy atom. The van der Waals surface area contributed by atoms with Gasteiger partial charge in [-0.05, 0) is 31.9 Å². The number of aliphatic hydroxyl groups is 1. The number of amides is 2. The molecule has 0 heterocycles. The molecule has 0 aromatic heterocycles. The van der Waals surface area contributed by atoms with E-state index in [2.05, 4.69) is 10.6 Å². The molecule has 21 heavy (non-hydrogen) atoms. The van der Waals surface area contributed by atoms with E-state index in [1.54, 1.807) is 24.3 Å². The molecule has 114 valence electrons. The van der Waals surface area contributed by atoms with Crippen LogP contribution in [0.5, 0.6) is 0 Å². The van der Waals surface area contributed by atoms with Crippen molar-refractivity contribution in [1.29, 1.82) is 0 Å². The molecule has 1 saturated carbocycles. The van der Waals surface area contributed by atoms with Gasteiger partial charge in [-0.3, -0.25) is 4.79 Å². The number of ketones is 1. The van der Waals surface area contributed by atoms with Crippen LogP contribution in [0.3, 0.4) is 0 Å². The van der Waals surface area contributed by atoms with Gasteiger partial charge < -0.3 is 15.7 Å². The zero-order chi connectivity index (χ0) is 15.3. The maximum atomic E-state index is 12.1. The van der Waals surface area contributed by atoms with Gasteiger partial charge in [-0.2, -0.15) is 0 Å².